The predicted octanol–water partition coefficient (Wildman–Crippen LogP) is 4.65. The van der Waals surface area contributed by atoms with E-state index in [0.717, 1.165) is 46.6 Å². The van der Waals surface area contributed by atoms with Crippen molar-refractivity contribution in [1.82, 2.24) is 0 Å². The molecule has 0 spiro atoms. The molecule has 0 unspecified atom stereocenters. The molecule has 0 atom stereocenters. The van der Waals surface area contributed by atoms with Crippen molar-refractivity contribution < 1.29 is 19.4 Å². The fourth-order valence-corrected chi connectivity index (χ4v) is 3.09. The van der Waals surface area contributed by atoms with Gasteiger partial charge in [-0.25, -0.2) is 0 Å². The van der Waals surface area contributed by atoms with Crippen molar-refractivity contribution in [3.8, 4) is 11.5 Å². The molecule has 0 amide bonds. The van der Waals surface area contributed by atoms with Gasteiger partial charge in [0.05, 0.1) is 13.2 Å². The molecular weight excluding hydrogens is 354 g/mol. The minimum Gasteiger partial charge on any atom is -0.493 e. The maximum absolute atomic E-state index is 10.8. The zero-order valence-electron chi connectivity index (χ0n) is 16.7. The molecular formula is C23H29NO4. The van der Waals surface area contributed by atoms with Crippen LogP contribution in [-0.2, 0) is 17.6 Å². The minimum atomic E-state index is -0.779. The second kappa shape index (κ2) is 10.4. The molecule has 0 fully saturated rings. The number of aryl methyl sites for hydroxylation is 2. The second-order valence-electron chi connectivity index (χ2n) is 6.62. The van der Waals surface area contributed by atoms with E-state index < -0.39 is 5.97 Å². The lowest BCUT2D eigenvalue weighted by atomic mass is 10.0. The van der Waals surface area contributed by atoms with Crippen LogP contribution in [0.4, 0.5) is 5.69 Å². The van der Waals surface area contributed by atoms with E-state index in [1.807, 2.05) is 37.3 Å². The van der Waals surface area contributed by atoms with Gasteiger partial charge in [0.2, 0.25) is 0 Å². The van der Waals surface area contributed by atoms with Crippen molar-refractivity contribution in [2.45, 2.75) is 39.5 Å². The van der Waals surface area contributed by atoms with E-state index in [1.54, 1.807) is 6.08 Å². The summed E-state index contributed by atoms with van der Waals surface area (Å²) in [7, 11) is 0. The topological polar surface area (TPSA) is 81.8 Å². The lowest BCUT2D eigenvalue weighted by molar-refractivity contribution is -0.136. The third-order valence-corrected chi connectivity index (χ3v) is 4.68. The summed E-state index contributed by atoms with van der Waals surface area (Å²) in [6.45, 7) is 8.90. The van der Waals surface area contributed by atoms with Crippen LogP contribution < -0.4 is 15.2 Å². The third kappa shape index (κ3) is 5.78. The molecule has 0 aromatic heterocycles. The highest BCUT2D eigenvalue weighted by atomic mass is 16.5. The first kappa shape index (κ1) is 21.4. The summed E-state index contributed by atoms with van der Waals surface area (Å²) in [5.41, 5.74) is 10.7. The fourth-order valence-electron chi connectivity index (χ4n) is 3.09. The molecule has 5 nitrogen and oxygen atoms in total. The lowest BCUT2D eigenvalue weighted by Crippen LogP contribution is -2.07. The highest BCUT2D eigenvalue weighted by Crippen LogP contribution is 2.27. The Balaban J connectivity index is 1.84. The van der Waals surface area contributed by atoms with Crippen molar-refractivity contribution in [2.24, 2.45) is 0 Å². The summed E-state index contributed by atoms with van der Waals surface area (Å²) in [5, 5.41) is 8.85. The SMILES string of the molecule is C=Cc1c(N)ccc(OCCCOc2ccc(CCC(=O)O)c(CC)c2)c1C. The van der Waals surface area contributed by atoms with Gasteiger partial charge >= 0.3 is 5.97 Å². The summed E-state index contributed by atoms with van der Waals surface area (Å²) < 4.78 is 11.7. The molecule has 0 radical (unpaired) electrons. The molecule has 150 valence electrons. The van der Waals surface area contributed by atoms with E-state index in [4.69, 9.17) is 20.3 Å². The standard InChI is InChI=1S/C23H29NO4/c1-4-17-15-19(9-7-18(17)8-12-23(25)26)27-13-6-14-28-22-11-10-21(24)20(5-2)16(22)3/h5,7,9-11,15H,2,4,6,8,12-14,24H2,1,3H3,(H,25,26). The van der Waals surface area contributed by atoms with Crippen molar-refractivity contribution in [2.75, 3.05) is 18.9 Å². The summed E-state index contributed by atoms with van der Waals surface area (Å²) in [6.07, 6.45) is 4.02. The molecule has 3 N–H and O–H groups in total. The van der Waals surface area contributed by atoms with Crippen LogP contribution >= 0.6 is 0 Å². The molecule has 0 saturated heterocycles. The third-order valence-electron chi connectivity index (χ3n) is 4.68. The number of carbonyl (C=O) groups is 1. The number of aliphatic carboxylic acids is 1. The molecule has 2 aromatic rings. The number of nitrogens with two attached hydrogens (primary N) is 1. The van der Waals surface area contributed by atoms with Crippen LogP contribution in [0.3, 0.4) is 0 Å². The van der Waals surface area contributed by atoms with Gasteiger partial charge in [0.25, 0.3) is 0 Å². The van der Waals surface area contributed by atoms with Gasteiger partial charge in [-0.3, -0.25) is 4.79 Å². The number of benzene rings is 2. The maximum Gasteiger partial charge on any atom is 0.303 e. The Morgan fingerprint density at radius 2 is 1.93 bits per heavy atom. The van der Waals surface area contributed by atoms with Crippen LogP contribution in [0.5, 0.6) is 11.5 Å². The first-order chi connectivity index (χ1) is 13.5. The van der Waals surface area contributed by atoms with Crippen LogP contribution in [0.2, 0.25) is 0 Å². The highest BCUT2D eigenvalue weighted by Gasteiger charge is 2.08. The lowest BCUT2D eigenvalue weighted by Gasteiger charge is -2.14. The van der Waals surface area contributed by atoms with E-state index in [-0.39, 0.29) is 6.42 Å². The van der Waals surface area contributed by atoms with E-state index >= 15 is 0 Å². The van der Waals surface area contributed by atoms with Crippen LogP contribution in [-0.4, -0.2) is 24.3 Å². The van der Waals surface area contributed by atoms with Gasteiger partial charge in [-0.1, -0.05) is 25.6 Å². The summed E-state index contributed by atoms with van der Waals surface area (Å²) in [4.78, 5) is 10.8. The first-order valence-electron chi connectivity index (χ1n) is 9.57. The Bertz CT molecular complexity index is 830. The Morgan fingerprint density at radius 3 is 2.61 bits per heavy atom. The monoisotopic (exact) mass is 383 g/mol. The maximum atomic E-state index is 10.8. The second-order valence-corrected chi connectivity index (χ2v) is 6.62. The molecule has 5 heteroatoms. The van der Waals surface area contributed by atoms with Gasteiger partial charge in [0.15, 0.2) is 0 Å². The molecule has 2 aromatic carbocycles. The van der Waals surface area contributed by atoms with Crippen molar-refractivity contribution in [1.29, 1.82) is 0 Å². The van der Waals surface area contributed by atoms with E-state index in [1.165, 1.54) is 0 Å². The Hall–Kier alpha value is -2.95. The zero-order valence-corrected chi connectivity index (χ0v) is 16.7. The van der Waals surface area contributed by atoms with Crippen LogP contribution in [0, 0.1) is 6.92 Å². The number of hydrogen-bond donors (Lipinski definition) is 2. The number of ether oxygens (including phenoxy) is 2. The van der Waals surface area contributed by atoms with E-state index in [9.17, 15) is 4.79 Å². The normalized spacial score (nSPS) is 10.5. The summed E-state index contributed by atoms with van der Waals surface area (Å²) in [5.74, 6) is 0.826. The first-order valence-corrected chi connectivity index (χ1v) is 9.57. The van der Waals surface area contributed by atoms with E-state index in [0.29, 0.717) is 25.3 Å². The average Bonchev–Trinajstić information content (AvgIpc) is 2.68. The van der Waals surface area contributed by atoms with Gasteiger partial charge in [0.1, 0.15) is 11.5 Å². The molecule has 0 aliphatic carbocycles. The number of rotatable bonds is 11. The molecule has 0 aliphatic heterocycles. The fraction of sp³-hybridized carbons (Fsp3) is 0.348. The predicted molar refractivity (Wildman–Crippen MR) is 113 cm³/mol. The van der Waals surface area contributed by atoms with Gasteiger partial charge in [-0.2, -0.15) is 0 Å². The van der Waals surface area contributed by atoms with Crippen molar-refractivity contribution in [3.63, 3.8) is 0 Å². The molecule has 0 heterocycles. The van der Waals surface area contributed by atoms with Crippen LogP contribution in [0.1, 0.15) is 42.0 Å². The number of nitrogen functional groups attached to an aromatic ring is 1. The minimum absolute atomic E-state index is 0.142. The molecule has 2 rings (SSSR count). The zero-order chi connectivity index (χ0) is 20.5. The van der Waals surface area contributed by atoms with Crippen molar-refractivity contribution in [3.05, 3.63) is 59.2 Å². The van der Waals surface area contributed by atoms with Gasteiger partial charge in [0, 0.05) is 29.7 Å². The Labute approximate surface area is 166 Å². The Morgan fingerprint density at radius 1 is 1.18 bits per heavy atom. The number of hydrogen-bond acceptors (Lipinski definition) is 4. The van der Waals surface area contributed by atoms with Gasteiger partial charge in [-0.15, -0.1) is 0 Å². The largest absolute Gasteiger partial charge is 0.493 e. The van der Waals surface area contributed by atoms with Gasteiger partial charge < -0.3 is 20.3 Å². The van der Waals surface area contributed by atoms with E-state index in [2.05, 4.69) is 13.5 Å². The van der Waals surface area contributed by atoms with Crippen LogP contribution in [0.15, 0.2) is 36.9 Å². The summed E-state index contributed by atoms with van der Waals surface area (Å²) in [6, 6.07) is 9.56. The molecule has 28 heavy (non-hydrogen) atoms. The number of anilines is 1. The quantitative estimate of drug-likeness (QED) is 0.436. The van der Waals surface area contributed by atoms with Crippen molar-refractivity contribution >= 4 is 17.7 Å². The number of carboxylic acid groups (broad SMARTS) is 1. The molecule has 0 aliphatic rings. The highest BCUT2D eigenvalue weighted by molar-refractivity contribution is 5.69. The molecule has 0 bridgehead atoms. The average molecular weight is 383 g/mol. The van der Waals surface area contributed by atoms with Crippen LogP contribution in [0.25, 0.3) is 6.08 Å². The Kier molecular flexibility index (Phi) is 7.93. The number of carboxylic acids is 1. The van der Waals surface area contributed by atoms with Gasteiger partial charge in [-0.05, 0) is 55.2 Å². The molecule has 0 saturated carbocycles. The summed E-state index contributed by atoms with van der Waals surface area (Å²) >= 11 is 0. The smallest absolute Gasteiger partial charge is 0.303 e.